The predicted molar refractivity (Wildman–Crippen MR) is 58.5 cm³/mol. The average molecular weight is 243 g/mol. The van der Waals surface area contributed by atoms with Gasteiger partial charge in [0, 0.05) is 29.2 Å². The maximum atomic E-state index is 12.6. The third-order valence-electron chi connectivity index (χ3n) is 2.80. The van der Waals surface area contributed by atoms with Crippen LogP contribution < -0.4 is 0 Å². The number of aliphatic hydroxyl groups excluding tert-OH is 1. The van der Waals surface area contributed by atoms with Crippen molar-refractivity contribution in [2.24, 2.45) is 0 Å². The fourth-order valence-electron chi connectivity index (χ4n) is 1.93. The average Bonchev–Trinajstić information content (AvgIpc) is 2.64. The van der Waals surface area contributed by atoms with Crippen LogP contribution in [0.15, 0.2) is 24.4 Å². The van der Waals surface area contributed by atoms with Crippen molar-refractivity contribution < 1.29 is 18.3 Å². The molecule has 2 aromatic rings. The summed E-state index contributed by atoms with van der Waals surface area (Å²) in [5.41, 5.74) is 0.490. The number of hydrogen-bond acceptors (Lipinski definition) is 1. The first kappa shape index (κ1) is 12.0. The zero-order valence-electron chi connectivity index (χ0n) is 9.25. The number of alkyl halides is 3. The van der Waals surface area contributed by atoms with Crippen LogP contribution in [-0.4, -0.2) is 9.67 Å². The van der Waals surface area contributed by atoms with Crippen molar-refractivity contribution >= 4 is 10.9 Å². The molecular weight excluding hydrogens is 231 g/mol. The van der Waals surface area contributed by atoms with Gasteiger partial charge in [-0.3, -0.25) is 0 Å². The molecule has 1 N–H and O–H groups in total. The number of rotatable bonds is 2. The molecular formula is C12H12F3NO. The molecule has 2 rings (SSSR count). The van der Waals surface area contributed by atoms with Crippen LogP contribution in [-0.2, 0) is 19.3 Å². The Morgan fingerprint density at radius 3 is 2.53 bits per heavy atom. The van der Waals surface area contributed by atoms with E-state index in [2.05, 4.69) is 0 Å². The van der Waals surface area contributed by atoms with E-state index in [1.54, 1.807) is 10.8 Å². The third-order valence-corrected chi connectivity index (χ3v) is 2.80. The summed E-state index contributed by atoms with van der Waals surface area (Å²) in [6.45, 7) is 2.24. The summed E-state index contributed by atoms with van der Waals surface area (Å²) in [6.07, 6.45) is -2.65. The molecule has 0 radical (unpaired) electrons. The zero-order valence-corrected chi connectivity index (χ0v) is 9.25. The van der Waals surface area contributed by atoms with Crippen LogP contribution in [0.25, 0.3) is 10.9 Å². The van der Waals surface area contributed by atoms with Gasteiger partial charge in [-0.15, -0.1) is 0 Å². The lowest BCUT2D eigenvalue weighted by Crippen LogP contribution is -2.04. The molecule has 0 atom stereocenters. The Bertz CT molecular complexity index is 542. The van der Waals surface area contributed by atoms with Crippen molar-refractivity contribution in [2.45, 2.75) is 26.3 Å². The number of benzene rings is 1. The number of fused-ring (bicyclic) bond motifs is 1. The van der Waals surface area contributed by atoms with Crippen LogP contribution in [0.2, 0.25) is 0 Å². The second kappa shape index (κ2) is 4.07. The minimum absolute atomic E-state index is 0.172. The first-order chi connectivity index (χ1) is 7.97. The molecule has 0 saturated heterocycles. The van der Waals surface area contributed by atoms with Gasteiger partial charge in [-0.05, 0) is 19.1 Å². The van der Waals surface area contributed by atoms with Gasteiger partial charge in [-0.2, -0.15) is 13.2 Å². The van der Waals surface area contributed by atoms with Crippen LogP contribution in [0, 0.1) is 0 Å². The standard InChI is InChI=1S/C12H12F3NO/c1-2-16-6-8(7-17)10-4-3-9(5-11(10)16)12(13,14)15/h3-6,17H,2,7H2,1H3. The highest BCUT2D eigenvalue weighted by molar-refractivity contribution is 5.84. The van der Waals surface area contributed by atoms with E-state index in [1.807, 2.05) is 6.92 Å². The molecule has 0 fully saturated rings. The molecule has 0 bridgehead atoms. The highest BCUT2D eigenvalue weighted by Gasteiger charge is 2.30. The molecule has 0 spiro atoms. The van der Waals surface area contributed by atoms with Gasteiger partial charge in [0.15, 0.2) is 0 Å². The van der Waals surface area contributed by atoms with Gasteiger partial charge in [-0.25, -0.2) is 0 Å². The Morgan fingerprint density at radius 2 is 2.00 bits per heavy atom. The smallest absolute Gasteiger partial charge is 0.392 e. The summed E-state index contributed by atoms with van der Waals surface area (Å²) in [5.74, 6) is 0. The maximum Gasteiger partial charge on any atom is 0.416 e. The Kier molecular flexibility index (Phi) is 2.87. The summed E-state index contributed by atoms with van der Waals surface area (Å²) in [6, 6.07) is 3.58. The van der Waals surface area contributed by atoms with Crippen molar-refractivity contribution in [3.63, 3.8) is 0 Å². The van der Waals surface area contributed by atoms with Crippen LogP contribution in [0.1, 0.15) is 18.1 Å². The van der Waals surface area contributed by atoms with Crippen LogP contribution >= 0.6 is 0 Å². The Labute approximate surface area is 96.3 Å². The van der Waals surface area contributed by atoms with Gasteiger partial charge in [0.05, 0.1) is 12.2 Å². The normalized spacial score (nSPS) is 12.3. The van der Waals surface area contributed by atoms with E-state index < -0.39 is 11.7 Å². The van der Waals surface area contributed by atoms with Crippen LogP contribution in [0.3, 0.4) is 0 Å². The second-order valence-corrected chi connectivity index (χ2v) is 3.83. The number of nitrogens with zero attached hydrogens (tertiary/aromatic N) is 1. The number of halogens is 3. The number of aliphatic hydroxyl groups is 1. The van der Waals surface area contributed by atoms with Crippen molar-refractivity contribution in [3.8, 4) is 0 Å². The fourth-order valence-corrected chi connectivity index (χ4v) is 1.93. The molecule has 5 heteroatoms. The van der Waals surface area contributed by atoms with Crippen molar-refractivity contribution in [1.82, 2.24) is 4.57 Å². The van der Waals surface area contributed by atoms with E-state index in [0.29, 0.717) is 23.0 Å². The molecule has 1 heterocycles. The lowest BCUT2D eigenvalue weighted by molar-refractivity contribution is -0.137. The van der Waals surface area contributed by atoms with Gasteiger partial charge in [0.25, 0.3) is 0 Å². The van der Waals surface area contributed by atoms with Crippen molar-refractivity contribution in [3.05, 3.63) is 35.5 Å². The quantitative estimate of drug-likeness (QED) is 0.861. The fraction of sp³-hybridized carbons (Fsp3) is 0.333. The van der Waals surface area contributed by atoms with E-state index in [0.717, 1.165) is 12.1 Å². The molecule has 0 aliphatic carbocycles. The first-order valence-electron chi connectivity index (χ1n) is 5.27. The van der Waals surface area contributed by atoms with Gasteiger partial charge < -0.3 is 9.67 Å². The van der Waals surface area contributed by atoms with E-state index >= 15 is 0 Å². The van der Waals surface area contributed by atoms with E-state index in [4.69, 9.17) is 5.11 Å². The molecule has 17 heavy (non-hydrogen) atoms. The molecule has 1 aromatic carbocycles. The van der Waals surface area contributed by atoms with Gasteiger partial charge in [0.2, 0.25) is 0 Å². The predicted octanol–water partition coefficient (Wildman–Crippen LogP) is 3.17. The molecule has 0 aliphatic heterocycles. The molecule has 92 valence electrons. The summed E-state index contributed by atoms with van der Waals surface area (Å²) < 4.78 is 39.4. The third kappa shape index (κ3) is 2.02. The first-order valence-corrected chi connectivity index (χ1v) is 5.27. The maximum absolute atomic E-state index is 12.6. The topological polar surface area (TPSA) is 25.2 Å². The van der Waals surface area contributed by atoms with E-state index in [1.165, 1.54) is 6.07 Å². The monoisotopic (exact) mass is 243 g/mol. The zero-order chi connectivity index (χ0) is 12.6. The SMILES string of the molecule is CCn1cc(CO)c2ccc(C(F)(F)F)cc21. The largest absolute Gasteiger partial charge is 0.416 e. The summed E-state index contributed by atoms with van der Waals surface area (Å²) in [7, 11) is 0. The molecule has 0 unspecified atom stereocenters. The lowest BCUT2D eigenvalue weighted by atomic mass is 10.1. The van der Waals surface area contributed by atoms with Crippen molar-refractivity contribution in [2.75, 3.05) is 0 Å². The molecule has 1 aromatic heterocycles. The highest BCUT2D eigenvalue weighted by atomic mass is 19.4. The summed E-state index contributed by atoms with van der Waals surface area (Å²) >= 11 is 0. The molecule has 0 amide bonds. The lowest BCUT2D eigenvalue weighted by Gasteiger charge is -2.07. The number of aromatic nitrogens is 1. The summed E-state index contributed by atoms with van der Waals surface area (Å²) in [5, 5.41) is 9.81. The molecule has 2 nitrogen and oxygen atoms in total. The van der Waals surface area contributed by atoms with E-state index in [9.17, 15) is 13.2 Å². The number of aryl methyl sites for hydroxylation is 1. The second-order valence-electron chi connectivity index (χ2n) is 3.83. The van der Waals surface area contributed by atoms with Crippen LogP contribution in [0.5, 0.6) is 0 Å². The Hall–Kier alpha value is -1.49. The van der Waals surface area contributed by atoms with Crippen LogP contribution in [0.4, 0.5) is 13.2 Å². The Morgan fingerprint density at radius 1 is 1.29 bits per heavy atom. The van der Waals surface area contributed by atoms with Crippen molar-refractivity contribution in [1.29, 1.82) is 0 Å². The van der Waals surface area contributed by atoms with Gasteiger partial charge >= 0.3 is 6.18 Å². The summed E-state index contributed by atoms with van der Waals surface area (Å²) in [4.78, 5) is 0. The van der Waals surface area contributed by atoms with Gasteiger partial charge in [0.1, 0.15) is 0 Å². The minimum Gasteiger partial charge on any atom is -0.392 e. The molecule has 0 aliphatic rings. The highest BCUT2D eigenvalue weighted by Crippen LogP contribution is 2.32. The number of hydrogen-bond donors (Lipinski definition) is 1. The van der Waals surface area contributed by atoms with E-state index in [-0.39, 0.29) is 6.61 Å². The van der Waals surface area contributed by atoms with Gasteiger partial charge in [-0.1, -0.05) is 6.07 Å². The minimum atomic E-state index is -4.34. The Balaban J connectivity index is 2.68. The molecule has 0 saturated carbocycles.